The van der Waals surface area contributed by atoms with Gasteiger partial charge in [0.25, 0.3) is 0 Å². The molecule has 0 amide bonds. The first-order chi connectivity index (χ1) is 7.67. The summed E-state index contributed by atoms with van der Waals surface area (Å²) in [5.41, 5.74) is 3.28. The fraction of sp³-hybridized carbons (Fsp3) is 0.455. The van der Waals surface area contributed by atoms with Gasteiger partial charge >= 0.3 is 0 Å². The number of hydrazine groups is 1. The van der Waals surface area contributed by atoms with E-state index >= 15 is 0 Å². The molecule has 2 nitrogen and oxygen atoms in total. The molecule has 0 saturated carbocycles. The second-order valence-corrected chi connectivity index (χ2v) is 4.45. The Bertz CT molecular complexity index is 334. The van der Waals surface area contributed by atoms with Crippen LogP contribution in [0.4, 0.5) is 4.39 Å². The highest BCUT2D eigenvalue weighted by molar-refractivity contribution is 6.30. The Morgan fingerprint density at radius 1 is 1.44 bits per heavy atom. The van der Waals surface area contributed by atoms with Crippen molar-refractivity contribution in [1.29, 1.82) is 0 Å². The number of halogens is 3. The van der Waals surface area contributed by atoms with Crippen molar-refractivity contribution < 1.29 is 4.39 Å². The molecule has 3 N–H and O–H groups in total. The van der Waals surface area contributed by atoms with Gasteiger partial charge in [-0.1, -0.05) is 17.7 Å². The van der Waals surface area contributed by atoms with Crippen molar-refractivity contribution in [3.05, 3.63) is 34.6 Å². The Morgan fingerprint density at radius 3 is 2.75 bits per heavy atom. The number of alkyl halides is 1. The summed E-state index contributed by atoms with van der Waals surface area (Å²) in [5.74, 6) is 5.69. The second kappa shape index (κ2) is 7.07. The number of rotatable bonds is 6. The van der Waals surface area contributed by atoms with Crippen molar-refractivity contribution in [2.24, 2.45) is 5.84 Å². The zero-order chi connectivity index (χ0) is 12.0. The smallest absolute Gasteiger partial charge is 0.127 e. The lowest BCUT2D eigenvalue weighted by molar-refractivity contribution is 0.476. The van der Waals surface area contributed by atoms with Crippen molar-refractivity contribution in [1.82, 2.24) is 5.43 Å². The average Bonchev–Trinajstić information content (AvgIpc) is 2.27. The van der Waals surface area contributed by atoms with Crippen LogP contribution in [0.5, 0.6) is 0 Å². The topological polar surface area (TPSA) is 38.0 Å². The number of hydrogen-bond acceptors (Lipinski definition) is 2. The number of nitrogens with one attached hydrogen (secondary N) is 1. The van der Waals surface area contributed by atoms with Crippen LogP contribution >= 0.6 is 23.2 Å². The van der Waals surface area contributed by atoms with Gasteiger partial charge < -0.3 is 0 Å². The summed E-state index contributed by atoms with van der Waals surface area (Å²) in [6, 6.07) is 4.71. The number of benzene rings is 1. The fourth-order valence-corrected chi connectivity index (χ4v) is 1.83. The predicted octanol–water partition coefficient (Wildman–Crippen LogP) is 2.87. The molecule has 0 radical (unpaired) electrons. The van der Waals surface area contributed by atoms with Crippen LogP contribution in [0.25, 0.3) is 0 Å². The lowest BCUT2D eigenvalue weighted by atomic mass is 10.0. The van der Waals surface area contributed by atoms with E-state index in [0.717, 1.165) is 12.8 Å². The summed E-state index contributed by atoms with van der Waals surface area (Å²) in [6.45, 7) is 0. The maximum absolute atomic E-state index is 13.5. The van der Waals surface area contributed by atoms with Gasteiger partial charge in [-0.15, -0.1) is 11.6 Å². The molecule has 5 heteroatoms. The Morgan fingerprint density at radius 2 is 2.19 bits per heavy atom. The van der Waals surface area contributed by atoms with Crippen LogP contribution in [0, 0.1) is 5.82 Å². The van der Waals surface area contributed by atoms with Crippen LogP contribution in [-0.4, -0.2) is 11.9 Å². The van der Waals surface area contributed by atoms with Crippen molar-refractivity contribution >= 4 is 23.2 Å². The Hall–Kier alpha value is -0.350. The summed E-state index contributed by atoms with van der Waals surface area (Å²) >= 11 is 11.3. The molecule has 0 aliphatic rings. The Labute approximate surface area is 105 Å². The summed E-state index contributed by atoms with van der Waals surface area (Å²) in [5, 5.41) is 0.402. The summed E-state index contributed by atoms with van der Waals surface area (Å²) in [7, 11) is 0. The van der Waals surface area contributed by atoms with E-state index in [0.29, 0.717) is 22.9 Å². The molecule has 1 atom stereocenters. The Kier molecular flexibility index (Phi) is 6.06. The molecular weight excluding hydrogens is 250 g/mol. The molecule has 0 saturated heterocycles. The van der Waals surface area contributed by atoms with Gasteiger partial charge in [0.05, 0.1) is 0 Å². The molecule has 0 bridgehead atoms. The fourth-order valence-electron chi connectivity index (χ4n) is 1.52. The van der Waals surface area contributed by atoms with E-state index in [1.807, 2.05) is 0 Å². The van der Waals surface area contributed by atoms with E-state index in [2.05, 4.69) is 5.43 Å². The molecule has 0 aliphatic carbocycles. The van der Waals surface area contributed by atoms with Gasteiger partial charge in [-0.2, -0.15) is 0 Å². The average molecular weight is 265 g/mol. The molecule has 1 aromatic carbocycles. The largest absolute Gasteiger partial charge is 0.271 e. The van der Waals surface area contributed by atoms with Crippen LogP contribution in [0.2, 0.25) is 5.02 Å². The van der Waals surface area contributed by atoms with Gasteiger partial charge in [0.15, 0.2) is 0 Å². The van der Waals surface area contributed by atoms with Gasteiger partial charge in [-0.25, -0.2) is 4.39 Å². The number of nitrogens with two attached hydrogens (primary N) is 1. The van der Waals surface area contributed by atoms with Crippen LogP contribution in [0.3, 0.4) is 0 Å². The van der Waals surface area contributed by atoms with E-state index < -0.39 is 0 Å². The highest BCUT2D eigenvalue weighted by Gasteiger charge is 2.10. The molecule has 0 aliphatic heterocycles. The summed E-state index contributed by atoms with van der Waals surface area (Å²) in [4.78, 5) is 0. The predicted molar refractivity (Wildman–Crippen MR) is 66.2 cm³/mol. The Balaban J connectivity index is 2.62. The van der Waals surface area contributed by atoms with E-state index in [9.17, 15) is 4.39 Å². The first-order valence-electron chi connectivity index (χ1n) is 5.13. The van der Waals surface area contributed by atoms with E-state index in [1.165, 1.54) is 6.07 Å². The van der Waals surface area contributed by atoms with E-state index in [1.54, 1.807) is 12.1 Å². The second-order valence-electron chi connectivity index (χ2n) is 3.63. The molecule has 90 valence electrons. The zero-order valence-electron chi connectivity index (χ0n) is 8.85. The van der Waals surface area contributed by atoms with Crippen molar-refractivity contribution in [3.63, 3.8) is 0 Å². The highest BCUT2D eigenvalue weighted by atomic mass is 35.5. The van der Waals surface area contributed by atoms with Crippen molar-refractivity contribution in [2.45, 2.75) is 25.3 Å². The van der Waals surface area contributed by atoms with Gasteiger partial charge in [0.1, 0.15) is 5.82 Å². The molecule has 1 rings (SSSR count). The monoisotopic (exact) mass is 264 g/mol. The summed E-state index contributed by atoms with van der Waals surface area (Å²) in [6.07, 6.45) is 2.21. The van der Waals surface area contributed by atoms with Crippen molar-refractivity contribution in [2.75, 3.05) is 5.88 Å². The lowest BCUT2D eigenvalue weighted by Gasteiger charge is -2.15. The van der Waals surface area contributed by atoms with Crippen molar-refractivity contribution in [3.8, 4) is 0 Å². The SMILES string of the molecule is NNC(CCCCl)Cc1ccc(Cl)cc1F. The standard InChI is InChI=1S/C11H15Cl2FN2/c12-5-1-2-10(16-15)6-8-3-4-9(13)7-11(8)14/h3-4,7,10,16H,1-2,5-6,15H2. The third-order valence-corrected chi connectivity index (χ3v) is 2.91. The molecular formula is C11H15Cl2FN2. The normalized spacial score (nSPS) is 12.8. The van der Waals surface area contributed by atoms with Gasteiger partial charge in [0, 0.05) is 16.9 Å². The van der Waals surface area contributed by atoms with Crippen LogP contribution in [0.15, 0.2) is 18.2 Å². The number of hydrogen-bond donors (Lipinski definition) is 2. The first kappa shape index (κ1) is 13.7. The molecule has 1 aromatic rings. The molecule has 0 aromatic heterocycles. The van der Waals surface area contributed by atoms with E-state index in [-0.39, 0.29) is 11.9 Å². The van der Waals surface area contributed by atoms with Crippen LogP contribution in [-0.2, 0) is 6.42 Å². The minimum Gasteiger partial charge on any atom is -0.271 e. The minimum atomic E-state index is -0.293. The van der Waals surface area contributed by atoms with Crippen LogP contribution in [0.1, 0.15) is 18.4 Å². The van der Waals surface area contributed by atoms with Gasteiger partial charge in [0.2, 0.25) is 0 Å². The van der Waals surface area contributed by atoms with Gasteiger partial charge in [-0.05, 0) is 37.0 Å². The maximum atomic E-state index is 13.5. The molecule has 0 spiro atoms. The zero-order valence-corrected chi connectivity index (χ0v) is 10.4. The molecule has 1 unspecified atom stereocenters. The van der Waals surface area contributed by atoms with E-state index in [4.69, 9.17) is 29.0 Å². The first-order valence-corrected chi connectivity index (χ1v) is 6.04. The third-order valence-electron chi connectivity index (χ3n) is 2.40. The maximum Gasteiger partial charge on any atom is 0.127 e. The van der Waals surface area contributed by atoms with Gasteiger partial charge in [-0.3, -0.25) is 11.3 Å². The molecule has 0 heterocycles. The third kappa shape index (κ3) is 4.26. The lowest BCUT2D eigenvalue weighted by Crippen LogP contribution is -2.37. The molecule has 16 heavy (non-hydrogen) atoms. The summed E-state index contributed by atoms with van der Waals surface area (Å²) < 4.78 is 13.5. The quantitative estimate of drug-likeness (QED) is 0.471. The molecule has 0 fully saturated rings. The minimum absolute atomic E-state index is 0.0365. The van der Waals surface area contributed by atoms with Crippen LogP contribution < -0.4 is 11.3 Å². The highest BCUT2D eigenvalue weighted by Crippen LogP contribution is 2.17.